The minimum Gasteiger partial charge on any atom is -0.485 e. The van der Waals surface area contributed by atoms with Crippen LogP contribution in [0.5, 0.6) is 0 Å². The van der Waals surface area contributed by atoms with Gasteiger partial charge in [0.25, 0.3) is 0 Å². The normalized spacial score (nSPS) is 12.7. The summed E-state index contributed by atoms with van der Waals surface area (Å²) in [7, 11) is 0. The number of ether oxygens (including phenoxy) is 1. The highest BCUT2D eigenvalue weighted by atomic mass is 16.5. The summed E-state index contributed by atoms with van der Waals surface area (Å²) in [6, 6.07) is 30.8. The van der Waals surface area contributed by atoms with Crippen LogP contribution in [0.3, 0.4) is 0 Å². The van der Waals surface area contributed by atoms with Gasteiger partial charge in [0.2, 0.25) is 0 Å². The fourth-order valence-electron chi connectivity index (χ4n) is 2.47. The third-order valence-electron chi connectivity index (χ3n) is 3.73. The van der Waals surface area contributed by atoms with E-state index in [-0.39, 0.29) is 6.10 Å². The second-order valence-electron chi connectivity index (χ2n) is 5.46. The average Bonchev–Trinajstić information content (AvgIpc) is 2.63. The van der Waals surface area contributed by atoms with Crippen LogP contribution in [0.4, 0.5) is 0 Å². The molecule has 0 N–H and O–H groups in total. The first kappa shape index (κ1) is 15.1. The van der Waals surface area contributed by atoms with Crippen LogP contribution in [-0.2, 0) is 4.74 Å². The van der Waals surface area contributed by atoms with E-state index >= 15 is 0 Å². The summed E-state index contributed by atoms with van der Waals surface area (Å²) in [5, 5.41) is 0. The van der Waals surface area contributed by atoms with E-state index in [4.69, 9.17) is 4.74 Å². The summed E-state index contributed by atoms with van der Waals surface area (Å²) in [6.45, 7) is 2.08. The van der Waals surface area contributed by atoms with Gasteiger partial charge in [-0.2, -0.15) is 0 Å². The van der Waals surface area contributed by atoms with Crippen LogP contribution in [0.1, 0.15) is 29.7 Å². The Hall–Kier alpha value is -2.80. The fourth-order valence-corrected chi connectivity index (χ4v) is 2.47. The van der Waals surface area contributed by atoms with Gasteiger partial charge in [0.05, 0.1) is 0 Å². The van der Waals surface area contributed by atoms with Crippen LogP contribution in [0.25, 0.3) is 11.8 Å². The topological polar surface area (TPSA) is 9.23 Å². The highest BCUT2D eigenvalue weighted by Crippen LogP contribution is 2.27. The largest absolute Gasteiger partial charge is 0.485 e. The Labute approximate surface area is 137 Å². The first-order chi connectivity index (χ1) is 11.3. The monoisotopic (exact) mass is 300 g/mol. The minimum atomic E-state index is -0.00799. The van der Waals surface area contributed by atoms with Crippen molar-refractivity contribution in [3.8, 4) is 0 Å². The number of benzene rings is 3. The van der Waals surface area contributed by atoms with Gasteiger partial charge >= 0.3 is 0 Å². The van der Waals surface area contributed by atoms with E-state index in [0.717, 1.165) is 16.9 Å². The highest BCUT2D eigenvalue weighted by molar-refractivity contribution is 5.77. The van der Waals surface area contributed by atoms with Crippen molar-refractivity contribution < 1.29 is 4.74 Å². The summed E-state index contributed by atoms with van der Waals surface area (Å²) in [6.07, 6.45) is 2.08. The van der Waals surface area contributed by atoms with Crippen molar-refractivity contribution in [2.75, 3.05) is 0 Å². The second kappa shape index (κ2) is 7.46. The van der Waals surface area contributed by atoms with Crippen molar-refractivity contribution in [1.29, 1.82) is 0 Å². The first-order valence-electron chi connectivity index (χ1n) is 7.87. The molecule has 0 amide bonds. The fraction of sp³-hybridized carbons (Fsp3) is 0.0909. The molecule has 3 aromatic rings. The molecule has 0 spiro atoms. The molecule has 0 aromatic heterocycles. The Balaban J connectivity index is 1.91. The maximum absolute atomic E-state index is 6.29. The average molecular weight is 300 g/mol. The van der Waals surface area contributed by atoms with E-state index in [0.29, 0.717) is 0 Å². The van der Waals surface area contributed by atoms with Crippen molar-refractivity contribution in [2.45, 2.75) is 13.0 Å². The van der Waals surface area contributed by atoms with Gasteiger partial charge in [0, 0.05) is 5.56 Å². The summed E-state index contributed by atoms with van der Waals surface area (Å²) >= 11 is 0. The molecule has 1 nitrogen and oxygen atoms in total. The van der Waals surface area contributed by atoms with E-state index < -0.39 is 0 Å². The first-order valence-corrected chi connectivity index (χ1v) is 7.87. The Morgan fingerprint density at radius 2 is 1.26 bits per heavy atom. The molecule has 23 heavy (non-hydrogen) atoms. The zero-order valence-corrected chi connectivity index (χ0v) is 13.2. The van der Waals surface area contributed by atoms with Gasteiger partial charge < -0.3 is 4.74 Å². The highest BCUT2D eigenvalue weighted by Gasteiger charge is 2.10. The number of rotatable bonds is 5. The van der Waals surface area contributed by atoms with E-state index in [1.165, 1.54) is 5.56 Å². The molecule has 114 valence electrons. The molecule has 0 aliphatic rings. The lowest BCUT2D eigenvalue weighted by molar-refractivity contribution is 0.190. The third kappa shape index (κ3) is 4.10. The van der Waals surface area contributed by atoms with Crippen LogP contribution in [0.15, 0.2) is 91.0 Å². The molecule has 0 saturated carbocycles. The van der Waals surface area contributed by atoms with Gasteiger partial charge in [-0.25, -0.2) is 0 Å². The minimum absolute atomic E-state index is 0.00799. The Morgan fingerprint density at radius 3 is 1.87 bits per heavy atom. The smallest absolute Gasteiger partial charge is 0.128 e. The SMILES string of the molecule is CC(O/C(=C/c1ccccc1)c1ccccc1)c1ccccc1. The van der Waals surface area contributed by atoms with Gasteiger partial charge in [0.1, 0.15) is 11.9 Å². The molecule has 0 heterocycles. The summed E-state index contributed by atoms with van der Waals surface area (Å²) < 4.78 is 6.29. The second-order valence-corrected chi connectivity index (χ2v) is 5.46. The Kier molecular flexibility index (Phi) is 4.90. The molecule has 1 atom stereocenters. The van der Waals surface area contributed by atoms with Gasteiger partial charge in [-0.3, -0.25) is 0 Å². The van der Waals surface area contributed by atoms with Gasteiger partial charge in [-0.15, -0.1) is 0 Å². The molecule has 0 aliphatic heterocycles. The Bertz CT molecular complexity index is 746. The predicted octanol–water partition coefficient (Wildman–Crippen LogP) is 5.96. The molecule has 0 aliphatic carbocycles. The molecular formula is C22H20O. The van der Waals surface area contributed by atoms with Gasteiger partial charge in [-0.05, 0) is 24.1 Å². The van der Waals surface area contributed by atoms with Gasteiger partial charge in [0.15, 0.2) is 0 Å². The van der Waals surface area contributed by atoms with E-state index in [2.05, 4.69) is 49.4 Å². The molecule has 0 radical (unpaired) electrons. The van der Waals surface area contributed by atoms with Crippen LogP contribution in [0.2, 0.25) is 0 Å². The standard InChI is InChI=1S/C22H20O/c1-18(20-13-7-3-8-14-20)23-22(21-15-9-4-10-16-21)17-19-11-5-2-6-12-19/h2-18H,1H3/b22-17+. The lowest BCUT2D eigenvalue weighted by Gasteiger charge is -2.18. The van der Waals surface area contributed by atoms with Crippen LogP contribution < -0.4 is 0 Å². The predicted molar refractivity (Wildman–Crippen MR) is 96.7 cm³/mol. The van der Waals surface area contributed by atoms with Gasteiger partial charge in [-0.1, -0.05) is 91.0 Å². The van der Waals surface area contributed by atoms with Crippen molar-refractivity contribution >= 4 is 11.8 Å². The zero-order chi connectivity index (χ0) is 15.9. The van der Waals surface area contributed by atoms with E-state index in [1.54, 1.807) is 0 Å². The molecule has 0 bridgehead atoms. The molecule has 1 unspecified atom stereocenters. The maximum Gasteiger partial charge on any atom is 0.128 e. The lowest BCUT2D eigenvalue weighted by atomic mass is 10.1. The van der Waals surface area contributed by atoms with Crippen molar-refractivity contribution in [3.63, 3.8) is 0 Å². The molecule has 1 heteroatoms. The summed E-state index contributed by atoms with van der Waals surface area (Å²) in [5.74, 6) is 0.883. The molecule has 0 fully saturated rings. The van der Waals surface area contributed by atoms with Crippen LogP contribution in [-0.4, -0.2) is 0 Å². The zero-order valence-electron chi connectivity index (χ0n) is 13.2. The molecular weight excluding hydrogens is 280 g/mol. The number of hydrogen-bond acceptors (Lipinski definition) is 1. The van der Waals surface area contributed by atoms with Crippen molar-refractivity contribution in [2.24, 2.45) is 0 Å². The lowest BCUT2D eigenvalue weighted by Crippen LogP contribution is -2.00. The molecule has 3 aromatic carbocycles. The van der Waals surface area contributed by atoms with Crippen LogP contribution >= 0.6 is 0 Å². The van der Waals surface area contributed by atoms with Crippen molar-refractivity contribution in [1.82, 2.24) is 0 Å². The molecule has 0 saturated heterocycles. The quantitative estimate of drug-likeness (QED) is 0.417. The molecule has 3 rings (SSSR count). The number of hydrogen-bond donors (Lipinski definition) is 0. The third-order valence-corrected chi connectivity index (χ3v) is 3.73. The van der Waals surface area contributed by atoms with E-state index in [1.807, 2.05) is 54.6 Å². The van der Waals surface area contributed by atoms with Crippen LogP contribution in [0, 0.1) is 0 Å². The van der Waals surface area contributed by atoms with E-state index in [9.17, 15) is 0 Å². The van der Waals surface area contributed by atoms with Crippen molar-refractivity contribution in [3.05, 3.63) is 108 Å². The summed E-state index contributed by atoms with van der Waals surface area (Å²) in [4.78, 5) is 0. The maximum atomic E-state index is 6.29. The Morgan fingerprint density at radius 1 is 0.739 bits per heavy atom. The summed E-state index contributed by atoms with van der Waals surface area (Å²) in [5.41, 5.74) is 3.38.